The van der Waals surface area contributed by atoms with Crippen molar-refractivity contribution in [2.45, 2.75) is 37.6 Å². The molecule has 0 aliphatic heterocycles. The largest absolute Gasteiger partial charge is 0.467 e. The Morgan fingerprint density at radius 1 is 1.40 bits per heavy atom. The molecule has 1 aromatic rings. The minimum absolute atomic E-state index is 0.243. The van der Waals surface area contributed by atoms with Crippen LogP contribution >= 0.6 is 0 Å². The Hall–Kier alpha value is -1.91. The lowest BCUT2D eigenvalue weighted by molar-refractivity contribution is -0.145. The first-order valence-electron chi connectivity index (χ1n) is 6.64. The molecule has 0 radical (unpaired) electrons. The molecule has 0 spiro atoms. The molecule has 1 aliphatic rings. The third-order valence-corrected chi connectivity index (χ3v) is 3.92. The molecule has 4 nitrogen and oxygen atoms in total. The van der Waals surface area contributed by atoms with E-state index in [0.717, 1.165) is 6.42 Å². The smallest absolute Gasteiger partial charge is 0.328 e. The second-order valence-electron chi connectivity index (χ2n) is 5.16. The highest BCUT2D eigenvalue weighted by atomic mass is 19.1. The first kappa shape index (κ1) is 14.5. The highest BCUT2D eigenvalue weighted by molar-refractivity contribution is 5.92. The van der Waals surface area contributed by atoms with Crippen LogP contribution in [0.3, 0.4) is 0 Å². The molecule has 1 atom stereocenters. The van der Waals surface area contributed by atoms with E-state index in [-0.39, 0.29) is 11.7 Å². The average Bonchev–Trinajstić information content (AvgIpc) is 2.36. The predicted molar refractivity (Wildman–Crippen MR) is 71.5 cm³/mol. The molecule has 5 heteroatoms. The monoisotopic (exact) mass is 279 g/mol. The fraction of sp³-hybridized carbons (Fsp3) is 0.467. The number of hydrogen-bond donors (Lipinski definition) is 1. The van der Waals surface area contributed by atoms with Gasteiger partial charge in [0.15, 0.2) is 0 Å². The average molecular weight is 279 g/mol. The maximum atomic E-state index is 13.4. The zero-order valence-corrected chi connectivity index (χ0v) is 11.6. The summed E-state index contributed by atoms with van der Waals surface area (Å²) in [4.78, 5) is 23.8. The molecule has 108 valence electrons. The van der Waals surface area contributed by atoms with Crippen LogP contribution in [-0.4, -0.2) is 25.0 Å². The van der Waals surface area contributed by atoms with Gasteiger partial charge >= 0.3 is 5.97 Å². The summed E-state index contributed by atoms with van der Waals surface area (Å²) in [6.07, 6.45) is 2.24. The Balaban J connectivity index is 2.19. The number of benzene rings is 1. The minimum atomic E-state index is -0.718. The normalized spacial score (nSPS) is 17.8. The molecule has 0 bridgehead atoms. The molecule has 0 aromatic heterocycles. The highest BCUT2D eigenvalue weighted by Crippen LogP contribution is 2.44. The van der Waals surface area contributed by atoms with Gasteiger partial charge in [-0.3, -0.25) is 4.79 Å². The van der Waals surface area contributed by atoms with Gasteiger partial charge in [-0.25, -0.2) is 9.18 Å². The van der Waals surface area contributed by atoms with E-state index in [2.05, 4.69) is 10.1 Å². The van der Waals surface area contributed by atoms with Crippen molar-refractivity contribution in [1.82, 2.24) is 5.32 Å². The van der Waals surface area contributed by atoms with Crippen molar-refractivity contribution >= 4 is 11.9 Å². The summed E-state index contributed by atoms with van der Waals surface area (Å²) in [6, 6.07) is 5.39. The molecule has 20 heavy (non-hydrogen) atoms. The number of ether oxygens (including phenoxy) is 1. The van der Waals surface area contributed by atoms with Crippen LogP contribution in [0.15, 0.2) is 24.3 Å². The van der Waals surface area contributed by atoms with E-state index >= 15 is 0 Å². The van der Waals surface area contributed by atoms with Crippen molar-refractivity contribution in [3.8, 4) is 0 Å². The molecule has 1 amide bonds. The molecular weight excluding hydrogens is 261 g/mol. The number of methoxy groups -OCH3 is 1. The van der Waals surface area contributed by atoms with Crippen LogP contribution in [0.2, 0.25) is 0 Å². The summed E-state index contributed by atoms with van der Waals surface area (Å²) in [5, 5.41) is 2.66. The number of carbonyl (C=O) groups excluding carboxylic acids is 2. The summed E-state index contributed by atoms with van der Waals surface area (Å²) in [7, 11) is 1.27. The Kier molecular flexibility index (Phi) is 4.06. The van der Waals surface area contributed by atoms with E-state index in [4.69, 9.17) is 0 Å². The molecule has 1 aliphatic carbocycles. The van der Waals surface area contributed by atoms with E-state index < -0.39 is 17.4 Å². The molecule has 0 unspecified atom stereocenters. The van der Waals surface area contributed by atoms with Gasteiger partial charge in [0.25, 0.3) is 0 Å². The van der Waals surface area contributed by atoms with Crippen LogP contribution in [0, 0.1) is 5.82 Å². The van der Waals surface area contributed by atoms with E-state index in [1.807, 2.05) is 0 Å². The molecule has 1 aromatic carbocycles. The van der Waals surface area contributed by atoms with Gasteiger partial charge in [0, 0.05) is 0 Å². The van der Waals surface area contributed by atoms with E-state index in [1.54, 1.807) is 19.1 Å². The second-order valence-corrected chi connectivity index (χ2v) is 5.16. The van der Waals surface area contributed by atoms with Crippen molar-refractivity contribution in [3.05, 3.63) is 35.6 Å². The number of carbonyl (C=O) groups is 2. The number of hydrogen-bond acceptors (Lipinski definition) is 3. The summed E-state index contributed by atoms with van der Waals surface area (Å²) < 4.78 is 17.9. The molecule has 0 saturated heterocycles. The maximum absolute atomic E-state index is 13.4. The van der Waals surface area contributed by atoms with E-state index in [9.17, 15) is 14.0 Å². The standard InChI is InChI=1S/C15H18FNO3/c1-10(13(18)20-2)17-14(19)15(7-4-8-15)11-5-3-6-12(16)9-11/h3,5-6,9-10H,4,7-8H2,1-2H3,(H,17,19)/t10-/m1/s1. The lowest BCUT2D eigenvalue weighted by Gasteiger charge is -2.41. The molecule has 2 rings (SSSR count). The first-order chi connectivity index (χ1) is 9.49. The van der Waals surface area contributed by atoms with Gasteiger partial charge in [-0.15, -0.1) is 0 Å². The summed E-state index contributed by atoms with van der Waals surface area (Å²) >= 11 is 0. The van der Waals surface area contributed by atoms with Gasteiger partial charge < -0.3 is 10.1 Å². The Morgan fingerprint density at radius 3 is 2.60 bits per heavy atom. The van der Waals surface area contributed by atoms with Crippen molar-refractivity contribution in [2.24, 2.45) is 0 Å². The van der Waals surface area contributed by atoms with Crippen LogP contribution in [0.5, 0.6) is 0 Å². The fourth-order valence-corrected chi connectivity index (χ4v) is 2.53. The van der Waals surface area contributed by atoms with Gasteiger partial charge in [0.1, 0.15) is 11.9 Å². The van der Waals surface area contributed by atoms with E-state index in [0.29, 0.717) is 18.4 Å². The van der Waals surface area contributed by atoms with Crippen molar-refractivity contribution in [3.63, 3.8) is 0 Å². The van der Waals surface area contributed by atoms with Gasteiger partial charge in [0.2, 0.25) is 5.91 Å². The minimum Gasteiger partial charge on any atom is -0.467 e. The molecule has 1 fully saturated rings. The topological polar surface area (TPSA) is 55.4 Å². The fourth-order valence-electron chi connectivity index (χ4n) is 2.53. The number of halogens is 1. The van der Waals surface area contributed by atoms with Crippen molar-refractivity contribution < 1.29 is 18.7 Å². The van der Waals surface area contributed by atoms with Crippen molar-refractivity contribution in [1.29, 1.82) is 0 Å². The third kappa shape index (κ3) is 2.53. The lowest BCUT2D eigenvalue weighted by atomic mass is 9.63. The van der Waals surface area contributed by atoms with Gasteiger partial charge in [-0.1, -0.05) is 18.6 Å². The number of rotatable bonds is 4. The van der Waals surface area contributed by atoms with Crippen molar-refractivity contribution in [2.75, 3.05) is 7.11 Å². The Morgan fingerprint density at radius 2 is 2.10 bits per heavy atom. The maximum Gasteiger partial charge on any atom is 0.328 e. The zero-order valence-electron chi connectivity index (χ0n) is 11.6. The van der Waals surface area contributed by atoms with Gasteiger partial charge in [-0.2, -0.15) is 0 Å². The van der Waals surface area contributed by atoms with Crippen LogP contribution in [0.4, 0.5) is 4.39 Å². The first-order valence-corrected chi connectivity index (χ1v) is 6.64. The summed E-state index contributed by atoms with van der Waals surface area (Å²) in [5.74, 6) is -1.10. The highest BCUT2D eigenvalue weighted by Gasteiger charge is 2.46. The molecule has 1 saturated carbocycles. The Bertz CT molecular complexity index is 526. The lowest BCUT2D eigenvalue weighted by Crippen LogP contribution is -2.53. The summed E-state index contributed by atoms with van der Waals surface area (Å²) in [5.41, 5.74) is -0.0528. The number of amides is 1. The molecular formula is C15H18FNO3. The Labute approximate surface area is 117 Å². The quantitative estimate of drug-likeness (QED) is 0.857. The van der Waals surface area contributed by atoms with Gasteiger partial charge in [-0.05, 0) is 37.5 Å². The van der Waals surface area contributed by atoms with Crippen LogP contribution in [0.1, 0.15) is 31.7 Å². The van der Waals surface area contributed by atoms with Gasteiger partial charge in [0.05, 0.1) is 12.5 Å². The summed E-state index contributed by atoms with van der Waals surface area (Å²) in [6.45, 7) is 1.57. The molecule has 0 heterocycles. The van der Waals surface area contributed by atoms with Crippen LogP contribution in [-0.2, 0) is 19.7 Å². The predicted octanol–water partition coefficient (Wildman–Crippen LogP) is 1.93. The zero-order chi connectivity index (χ0) is 14.8. The third-order valence-electron chi connectivity index (χ3n) is 3.92. The van der Waals surface area contributed by atoms with Crippen LogP contribution < -0.4 is 5.32 Å². The number of esters is 1. The second kappa shape index (κ2) is 5.61. The number of nitrogens with one attached hydrogen (secondary N) is 1. The molecule has 1 N–H and O–H groups in total. The SMILES string of the molecule is COC(=O)[C@@H](C)NC(=O)C1(c2cccc(F)c2)CCC1. The van der Waals surface area contributed by atoms with Crippen LogP contribution in [0.25, 0.3) is 0 Å². The van der Waals surface area contributed by atoms with E-state index in [1.165, 1.54) is 19.2 Å².